The standard InChI is InChI=1S/C14H19N3S2/c1-2-15-10-6-9-13-16-17-14(19-13)11-18-12-7-4-3-5-8-12/h3-5,7-8,15H,2,6,9-11H2,1H3. The fraction of sp³-hybridized carbons (Fsp3) is 0.429. The van der Waals surface area contributed by atoms with E-state index in [9.17, 15) is 0 Å². The highest BCUT2D eigenvalue weighted by Gasteiger charge is 2.04. The van der Waals surface area contributed by atoms with Crippen LogP contribution in [-0.2, 0) is 12.2 Å². The largest absolute Gasteiger partial charge is 0.317 e. The van der Waals surface area contributed by atoms with Crippen LogP contribution in [0.5, 0.6) is 0 Å². The van der Waals surface area contributed by atoms with E-state index in [1.807, 2.05) is 17.8 Å². The van der Waals surface area contributed by atoms with Gasteiger partial charge in [0, 0.05) is 11.3 Å². The molecule has 0 saturated carbocycles. The maximum absolute atomic E-state index is 4.26. The van der Waals surface area contributed by atoms with E-state index in [4.69, 9.17) is 0 Å². The molecular formula is C14H19N3S2. The van der Waals surface area contributed by atoms with Crippen molar-refractivity contribution in [2.24, 2.45) is 0 Å². The lowest BCUT2D eigenvalue weighted by Gasteiger charge is -1.98. The summed E-state index contributed by atoms with van der Waals surface area (Å²) in [5.41, 5.74) is 0. The van der Waals surface area contributed by atoms with Crippen molar-refractivity contribution in [1.29, 1.82) is 0 Å². The molecular weight excluding hydrogens is 274 g/mol. The summed E-state index contributed by atoms with van der Waals surface area (Å²) in [6.07, 6.45) is 2.16. The second-order valence-electron chi connectivity index (χ2n) is 4.15. The van der Waals surface area contributed by atoms with Crippen molar-refractivity contribution in [3.05, 3.63) is 40.3 Å². The molecule has 102 valence electrons. The quantitative estimate of drug-likeness (QED) is 0.598. The first kappa shape index (κ1) is 14.5. The van der Waals surface area contributed by atoms with Crippen LogP contribution >= 0.6 is 23.1 Å². The molecule has 1 aromatic heterocycles. The van der Waals surface area contributed by atoms with Crippen LogP contribution in [-0.4, -0.2) is 23.3 Å². The van der Waals surface area contributed by atoms with Gasteiger partial charge in [0.05, 0.1) is 5.75 Å². The zero-order valence-electron chi connectivity index (χ0n) is 11.1. The summed E-state index contributed by atoms with van der Waals surface area (Å²) in [6.45, 7) is 4.23. The van der Waals surface area contributed by atoms with E-state index in [0.717, 1.165) is 41.7 Å². The Morgan fingerprint density at radius 1 is 1.16 bits per heavy atom. The monoisotopic (exact) mass is 293 g/mol. The highest BCUT2D eigenvalue weighted by atomic mass is 32.2. The summed E-state index contributed by atoms with van der Waals surface area (Å²) < 4.78 is 0. The minimum absolute atomic E-state index is 0.912. The van der Waals surface area contributed by atoms with E-state index < -0.39 is 0 Å². The van der Waals surface area contributed by atoms with Crippen LogP contribution < -0.4 is 5.32 Å². The molecule has 0 aliphatic rings. The predicted molar refractivity (Wildman–Crippen MR) is 82.8 cm³/mol. The van der Waals surface area contributed by atoms with Crippen LogP contribution in [0, 0.1) is 0 Å². The van der Waals surface area contributed by atoms with Gasteiger partial charge in [-0.2, -0.15) is 0 Å². The first-order valence-corrected chi connectivity index (χ1v) is 8.38. The zero-order chi connectivity index (χ0) is 13.3. The highest BCUT2D eigenvalue weighted by molar-refractivity contribution is 7.98. The number of hydrogen-bond donors (Lipinski definition) is 1. The van der Waals surface area contributed by atoms with Gasteiger partial charge in [0.25, 0.3) is 0 Å². The Labute approximate surface area is 122 Å². The molecule has 0 saturated heterocycles. The average molecular weight is 293 g/mol. The van der Waals surface area contributed by atoms with Crippen molar-refractivity contribution >= 4 is 23.1 Å². The number of rotatable bonds is 8. The lowest BCUT2D eigenvalue weighted by Crippen LogP contribution is -2.14. The van der Waals surface area contributed by atoms with E-state index >= 15 is 0 Å². The lowest BCUT2D eigenvalue weighted by atomic mass is 10.3. The van der Waals surface area contributed by atoms with Gasteiger partial charge in [0.2, 0.25) is 0 Å². The van der Waals surface area contributed by atoms with Crippen molar-refractivity contribution in [2.75, 3.05) is 13.1 Å². The zero-order valence-corrected chi connectivity index (χ0v) is 12.8. The Morgan fingerprint density at radius 2 is 1.95 bits per heavy atom. The molecule has 1 heterocycles. The maximum atomic E-state index is 4.26. The van der Waals surface area contributed by atoms with Crippen LogP contribution in [0.25, 0.3) is 0 Å². The smallest absolute Gasteiger partial charge is 0.127 e. The third-order valence-corrected chi connectivity index (χ3v) is 4.80. The lowest BCUT2D eigenvalue weighted by molar-refractivity contribution is 0.669. The van der Waals surface area contributed by atoms with E-state index in [-0.39, 0.29) is 0 Å². The molecule has 2 rings (SSSR count). The van der Waals surface area contributed by atoms with Gasteiger partial charge in [-0.15, -0.1) is 33.3 Å². The molecule has 3 nitrogen and oxygen atoms in total. The fourth-order valence-corrected chi connectivity index (χ4v) is 3.44. The van der Waals surface area contributed by atoms with Gasteiger partial charge >= 0.3 is 0 Å². The molecule has 0 spiro atoms. The van der Waals surface area contributed by atoms with Gasteiger partial charge in [0.1, 0.15) is 10.0 Å². The average Bonchev–Trinajstić information content (AvgIpc) is 2.91. The molecule has 0 aliphatic heterocycles. The minimum Gasteiger partial charge on any atom is -0.317 e. The van der Waals surface area contributed by atoms with Crippen molar-refractivity contribution < 1.29 is 0 Å². The summed E-state index contributed by atoms with van der Waals surface area (Å²) in [5.74, 6) is 0.912. The van der Waals surface area contributed by atoms with Gasteiger partial charge in [-0.1, -0.05) is 25.1 Å². The number of nitrogens with one attached hydrogen (secondary N) is 1. The molecule has 0 atom stereocenters. The van der Waals surface area contributed by atoms with Crippen molar-refractivity contribution in [2.45, 2.75) is 30.4 Å². The van der Waals surface area contributed by atoms with E-state index in [1.165, 1.54) is 4.90 Å². The molecule has 19 heavy (non-hydrogen) atoms. The number of nitrogens with zero attached hydrogens (tertiary/aromatic N) is 2. The Morgan fingerprint density at radius 3 is 2.74 bits per heavy atom. The number of benzene rings is 1. The molecule has 0 fully saturated rings. The molecule has 0 aliphatic carbocycles. The van der Waals surface area contributed by atoms with Gasteiger partial charge in [-0.3, -0.25) is 0 Å². The molecule has 2 aromatic rings. The van der Waals surface area contributed by atoms with Gasteiger partial charge in [-0.25, -0.2) is 0 Å². The van der Waals surface area contributed by atoms with Crippen LogP contribution in [0.3, 0.4) is 0 Å². The Hall–Kier alpha value is -0.910. The third-order valence-electron chi connectivity index (χ3n) is 2.61. The van der Waals surface area contributed by atoms with Crippen LogP contribution in [0.1, 0.15) is 23.4 Å². The fourth-order valence-electron chi connectivity index (χ4n) is 1.65. The van der Waals surface area contributed by atoms with E-state index in [0.29, 0.717) is 0 Å². The van der Waals surface area contributed by atoms with Crippen molar-refractivity contribution in [3.8, 4) is 0 Å². The van der Waals surface area contributed by atoms with Gasteiger partial charge < -0.3 is 5.32 Å². The molecule has 5 heteroatoms. The molecule has 0 amide bonds. The Kier molecular flexibility index (Phi) is 6.33. The number of aryl methyl sites for hydroxylation is 1. The summed E-state index contributed by atoms with van der Waals surface area (Å²) in [6, 6.07) is 10.4. The number of thioether (sulfide) groups is 1. The molecule has 0 unspecified atom stereocenters. The summed E-state index contributed by atoms with van der Waals surface area (Å²) in [4.78, 5) is 1.28. The van der Waals surface area contributed by atoms with Crippen LogP contribution in [0.15, 0.2) is 35.2 Å². The van der Waals surface area contributed by atoms with Crippen molar-refractivity contribution in [3.63, 3.8) is 0 Å². The topological polar surface area (TPSA) is 37.8 Å². The van der Waals surface area contributed by atoms with Gasteiger partial charge in [0.15, 0.2) is 0 Å². The number of aromatic nitrogens is 2. The SMILES string of the molecule is CCNCCCc1nnc(CSc2ccccc2)s1. The molecule has 0 bridgehead atoms. The Balaban J connectivity index is 1.74. The molecule has 0 radical (unpaired) electrons. The number of hydrogen-bond acceptors (Lipinski definition) is 5. The van der Waals surface area contributed by atoms with E-state index in [1.54, 1.807) is 11.3 Å². The Bertz CT molecular complexity index is 471. The van der Waals surface area contributed by atoms with Gasteiger partial charge in [-0.05, 0) is 31.6 Å². The first-order chi connectivity index (χ1) is 9.38. The summed E-state index contributed by atoms with van der Waals surface area (Å²) >= 11 is 3.55. The minimum atomic E-state index is 0.912. The van der Waals surface area contributed by atoms with Crippen LogP contribution in [0.2, 0.25) is 0 Å². The van der Waals surface area contributed by atoms with Crippen LogP contribution in [0.4, 0.5) is 0 Å². The second kappa shape index (κ2) is 8.30. The molecule has 1 N–H and O–H groups in total. The first-order valence-electron chi connectivity index (χ1n) is 6.58. The maximum Gasteiger partial charge on any atom is 0.127 e. The summed E-state index contributed by atoms with van der Waals surface area (Å²) in [7, 11) is 0. The predicted octanol–water partition coefficient (Wildman–Crippen LogP) is 3.37. The molecule has 1 aromatic carbocycles. The third kappa shape index (κ3) is 5.30. The summed E-state index contributed by atoms with van der Waals surface area (Å²) in [5, 5.41) is 14.1. The second-order valence-corrected chi connectivity index (χ2v) is 6.34. The van der Waals surface area contributed by atoms with E-state index in [2.05, 4.69) is 46.7 Å². The highest BCUT2D eigenvalue weighted by Crippen LogP contribution is 2.24. The normalized spacial score (nSPS) is 10.8. The van der Waals surface area contributed by atoms with Crippen molar-refractivity contribution in [1.82, 2.24) is 15.5 Å².